The van der Waals surface area contributed by atoms with Crippen LogP contribution in [0.25, 0.3) is 16.6 Å². The van der Waals surface area contributed by atoms with E-state index in [2.05, 4.69) is 4.98 Å². The molecule has 0 amide bonds. The summed E-state index contributed by atoms with van der Waals surface area (Å²) in [5.41, 5.74) is 0.853. The molecule has 0 spiro atoms. The van der Waals surface area contributed by atoms with E-state index in [1.54, 1.807) is 31.2 Å². The van der Waals surface area contributed by atoms with Gasteiger partial charge in [-0.15, -0.1) is 0 Å². The normalized spacial score (nSPS) is 11.7. The Balaban J connectivity index is 2.24. The highest BCUT2D eigenvalue weighted by atomic mass is 32.2. The van der Waals surface area contributed by atoms with Crippen molar-refractivity contribution >= 4 is 21.0 Å². The van der Waals surface area contributed by atoms with Crippen LogP contribution in [-0.2, 0) is 10.1 Å². The molecule has 0 aliphatic heterocycles. The van der Waals surface area contributed by atoms with E-state index in [1.807, 2.05) is 0 Å². The minimum Gasteiger partial charge on any atom is -0.282 e. The van der Waals surface area contributed by atoms with Gasteiger partial charge in [0.1, 0.15) is 5.82 Å². The predicted octanol–water partition coefficient (Wildman–Crippen LogP) is 1.94. The number of para-hydroxylation sites is 1. The van der Waals surface area contributed by atoms with Crippen molar-refractivity contribution in [2.24, 2.45) is 0 Å². The fourth-order valence-electron chi connectivity index (χ4n) is 2.31. The Kier molecular flexibility index (Phi) is 3.31. The molecule has 0 bridgehead atoms. The lowest BCUT2D eigenvalue weighted by molar-refractivity contribution is 0.483. The molecular weight excluding hydrogens is 304 g/mol. The van der Waals surface area contributed by atoms with Crippen LogP contribution in [0.3, 0.4) is 0 Å². The van der Waals surface area contributed by atoms with Crippen LogP contribution >= 0.6 is 0 Å². The number of benzene rings is 2. The van der Waals surface area contributed by atoms with E-state index >= 15 is 0 Å². The Hall–Kier alpha value is -2.51. The molecule has 0 fully saturated rings. The number of hydrogen-bond donors (Lipinski definition) is 1. The van der Waals surface area contributed by atoms with Crippen LogP contribution in [0.15, 0.2) is 58.2 Å². The molecule has 0 aliphatic carbocycles. The van der Waals surface area contributed by atoms with Crippen molar-refractivity contribution in [3.05, 3.63) is 64.7 Å². The molecule has 1 aromatic heterocycles. The average molecular weight is 316 g/mol. The van der Waals surface area contributed by atoms with Crippen LogP contribution in [0.2, 0.25) is 0 Å². The Morgan fingerprint density at radius 2 is 1.68 bits per heavy atom. The maximum atomic E-state index is 12.6. The second-order valence-corrected chi connectivity index (χ2v) is 6.21. The highest BCUT2D eigenvalue weighted by Gasteiger charge is 2.12. The summed E-state index contributed by atoms with van der Waals surface area (Å²) < 4.78 is 32.5. The van der Waals surface area contributed by atoms with Gasteiger partial charge in [0, 0.05) is 0 Å². The second-order valence-electron chi connectivity index (χ2n) is 4.79. The van der Waals surface area contributed by atoms with Crippen molar-refractivity contribution in [1.29, 1.82) is 0 Å². The quantitative estimate of drug-likeness (QED) is 0.730. The lowest BCUT2D eigenvalue weighted by Gasteiger charge is -2.11. The highest BCUT2D eigenvalue weighted by Crippen LogP contribution is 2.15. The zero-order chi connectivity index (χ0) is 15.9. The van der Waals surface area contributed by atoms with Crippen LogP contribution in [0.5, 0.6) is 0 Å². The van der Waals surface area contributed by atoms with Crippen LogP contribution in [0.4, 0.5) is 0 Å². The van der Waals surface area contributed by atoms with Gasteiger partial charge in [-0.3, -0.25) is 13.9 Å². The van der Waals surface area contributed by atoms with Crippen molar-refractivity contribution in [1.82, 2.24) is 9.55 Å². The summed E-state index contributed by atoms with van der Waals surface area (Å²) >= 11 is 0. The van der Waals surface area contributed by atoms with Crippen LogP contribution in [-0.4, -0.2) is 22.5 Å². The zero-order valence-corrected chi connectivity index (χ0v) is 12.4. The fraction of sp³-hybridized carbons (Fsp3) is 0.0667. The Morgan fingerprint density at radius 1 is 1.05 bits per heavy atom. The third kappa shape index (κ3) is 2.40. The number of aryl methyl sites for hydroxylation is 1. The predicted molar refractivity (Wildman–Crippen MR) is 81.9 cm³/mol. The summed E-state index contributed by atoms with van der Waals surface area (Å²) in [5.74, 6) is 0.489. The van der Waals surface area contributed by atoms with Gasteiger partial charge in [-0.2, -0.15) is 8.42 Å². The van der Waals surface area contributed by atoms with E-state index in [1.165, 1.54) is 28.8 Å². The van der Waals surface area contributed by atoms with Gasteiger partial charge in [0.15, 0.2) is 0 Å². The minimum atomic E-state index is -4.26. The molecule has 2 aromatic carbocycles. The van der Waals surface area contributed by atoms with Crippen LogP contribution in [0.1, 0.15) is 5.82 Å². The lowest BCUT2D eigenvalue weighted by Crippen LogP contribution is -2.22. The summed E-state index contributed by atoms with van der Waals surface area (Å²) in [7, 11) is -4.26. The van der Waals surface area contributed by atoms with Crippen molar-refractivity contribution in [3.63, 3.8) is 0 Å². The largest absolute Gasteiger partial charge is 0.294 e. The second kappa shape index (κ2) is 5.04. The Morgan fingerprint density at radius 3 is 2.32 bits per heavy atom. The Labute approximate surface area is 126 Å². The van der Waals surface area contributed by atoms with E-state index < -0.39 is 10.1 Å². The zero-order valence-electron chi connectivity index (χ0n) is 11.6. The van der Waals surface area contributed by atoms with Crippen LogP contribution in [0, 0.1) is 6.92 Å². The smallest absolute Gasteiger partial charge is 0.282 e. The minimum absolute atomic E-state index is 0.226. The molecule has 22 heavy (non-hydrogen) atoms. The van der Waals surface area contributed by atoms with E-state index in [9.17, 15) is 13.2 Å². The molecule has 0 saturated carbocycles. The summed E-state index contributed by atoms with van der Waals surface area (Å²) in [5, 5.41) is 0.479. The van der Waals surface area contributed by atoms with E-state index in [0.29, 0.717) is 22.4 Å². The summed E-state index contributed by atoms with van der Waals surface area (Å²) in [6, 6.07) is 12.4. The van der Waals surface area contributed by atoms with Crippen molar-refractivity contribution in [2.75, 3.05) is 0 Å². The van der Waals surface area contributed by atoms with Gasteiger partial charge >= 0.3 is 0 Å². The summed E-state index contributed by atoms with van der Waals surface area (Å²) in [4.78, 5) is 16.7. The monoisotopic (exact) mass is 316 g/mol. The van der Waals surface area contributed by atoms with Gasteiger partial charge in [-0.25, -0.2) is 4.98 Å². The molecule has 3 aromatic rings. The first-order chi connectivity index (χ1) is 10.4. The first-order valence-electron chi connectivity index (χ1n) is 6.44. The first kappa shape index (κ1) is 14.4. The summed E-state index contributed by atoms with van der Waals surface area (Å²) in [6.45, 7) is 1.70. The summed E-state index contributed by atoms with van der Waals surface area (Å²) in [6.07, 6.45) is 0. The number of rotatable bonds is 2. The Bertz CT molecular complexity index is 1020. The fourth-order valence-corrected chi connectivity index (χ4v) is 2.79. The van der Waals surface area contributed by atoms with E-state index in [0.717, 1.165) is 0 Å². The third-order valence-corrected chi connectivity index (χ3v) is 4.20. The SMILES string of the molecule is Cc1nc2ccccc2c(=O)n1-c1ccc(S(=O)(=O)O)cc1. The molecule has 0 atom stereocenters. The molecule has 0 saturated heterocycles. The lowest BCUT2D eigenvalue weighted by atomic mass is 10.2. The van der Waals surface area contributed by atoms with Gasteiger partial charge < -0.3 is 0 Å². The molecule has 112 valence electrons. The van der Waals surface area contributed by atoms with Gasteiger partial charge in [0.05, 0.1) is 21.5 Å². The van der Waals surface area contributed by atoms with Crippen molar-refractivity contribution < 1.29 is 13.0 Å². The number of fused-ring (bicyclic) bond motifs is 1. The highest BCUT2D eigenvalue weighted by molar-refractivity contribution is 7.85. The molecule has 1 heterocycles. The van der Waals surface area contributed by atoms with Crippen molar-refractivity contribution in [3.8, 4) is 5.69 Å². The first-order valence-corrected chi connectivity index (χ1v) is 7.88. The van der Waals surface area contributed by atoms with Gasteiger partial charge in [-0.1, -0.05) is 12.1 Å². The third-order valence-electron chi connectivity index (χ3n) is 3.34. The molecule has 1 N–H and O–H groups in total. The molecule has 6 nitrogen and oxygen atoms in total. The average Bonchev–Trinajstić information content (AvgIpc) is 2.47. The number of nitrogens with zero attached hydrogens (tertiary/aromatic N) is 2. The number of hydrogen-bond acceptors (Lipinski definition) is 4. The molecule has 7 heteroatoms. The van der Waals surface area contributed by atoms with E-state index in [-0.39, 0.29) is 10.5 Å². The molecule has 0 radical (unpaired) electrons. The van der Waals surface area contributed by atoms with Gasteiger partial charge in [0.25, 0.3) is 15.7 Å². The number of aromatic nitrogens is 2. The molecular formula is C15H12N2O4S. The maximum absolute atomic E-state index is 12.6. The maximum Gasteiger partial charge on any atom is 0.294 e. The van der Waals surface area contributed by atoms with E-state index in [4.69, 9.17) is 4.55 Å². The van der Waals surface area contributed by atoms with Crippen LogP contribution < -0.4 is 5.56 Å². The van der Waals surface area contributed by atoms with Gasteiger partial charge in [-0.05, 0) is 43.3 Å². The van der Waals surface area contributed by atoms with Gasteiger partial charge in [0.2, 0.25) is 0 Å². The van der Waals surface area contributed by atoms with Crippen molar-refractivity contribution in [2.45, 2.75) is 11.8 Å². The standard InChI is InChI=1S/C15H12N2O4S/c1-10-16-14-5-3-2-4-13(14)15(18)17(10)11-6-8-12(9-7-11)22(19,20)21/h2-9H,1H3,(H,19,20,21). The topological polar surface area (TPSA) is 89.3 Å². The molecule has 0 aliphatic rings. The molecule has 0 unspecified atom stereocenters. The molecule has 3 rings (SSSR count).